The van der Waals surface area contributed by atoms with Gasteiger partial charge in [0.15, 0.2) is 0 Å². The number of hydrogen-bond donors (Lipinski definition) is 0. The molecule has 3 atom stereocenters. The lowest BCUT2D eigenvalue weighted by Crippen LogP contribution is -2.27. The maximum atomic E-state index is 6.31. The molecule has 1 heterocycles. The summed E-state index contributed by atoms with van der Waals surface area (Å²) in [5.41, 5.74) is -0.0344. The van der Waals surface area contributed by atoms with E-state index in [4.69, 9.17) is 4.65 Å². The van der Waals surface area contributed by atoms with Gasteiger partial charge in [0.1, 0.15) is 0 Å². The van der Waals surface area contributed by atoms with Gasteiger partial charge in [-0.15, -0.1) is 0 Å². The number of unbranched alkanes of at least 4 members (excludes halogenated alkanes) is 1. The third-order valence-electron chi connectivity index (χ3n) is 4.58. The van der Waals surface area contributed by atoms with Gasteiger partial charge in [-0.25, -0.2) is 0 Å². The maximum absolute atomic E-state index is 6.31. The first-order chi connectivity index (χ1) is 9.58. The predicted molar refractivity (Wildman–Crippen MR) is 89.1 cm³/mol. The van der Waals surface area contributed by atoms with Crippen molar-refractivity contribution in [1.29, 1.82) is 0 Å². The second-order valence-electron chi connectivity index (χ2n) is 6.72. The Labute approximate surface area is 125 Å². The summed E-state index contributed by atoms with van der Waals surface area (Å²) in [6.45, 7) is 9.34. The molecule has 1 aliphatic carbocycles. The molecule has 20 heavy (non-hydrogen) atoms. The fourth-order valence-corrected chi connectivity index (χ4v) is 3.50. The van der Waals surface area contributed by atoms with Gasteiger partial charge in [0.05, 0.1) is 5.60 Å². The van der Waals surface area contributed by atoms with Gasteiger partial charge in [0.2, 0.25) is 0 Å². The van der Waals surface area contributed by atoms with Crippen molar-refractivity contribution in [1.82, 2.24) is 0 Å². The minimum Gasteiger partial charge on any atom is -0.430 e. The Bertz CT molecular complexity index is 394. The summed E-state index contributed by atoms with van der Waals surface area (Å²) in [4.78, 5) is 0. The molecule has 0 aromatic carbocycles. The van der Waals surface area contributed by atoms with Crippen LogP contribution in [0.2, 0.25) is 12.1 Å². The van der Waals surface area contributed by atoms with Crippen molar-refractivity contribution >= 4 is 6.92 Å². The molecule has 0 amide bonds. The molecule has 1 saturated heterocycles. The highest BCUT2D eigenvalue weighted by molar-refractivity contribution is 6.55. The average Bonchev–Trinajstić information content (AvgIpc) is 2.56. The lowest BCUT2D eigenvalue weighted by atomic mass is 9.51. The molecule has 1 nitrogen and oxygen atoms in total. The normalized spacial score (nSPS) is 31.8. The van der Waals surface area contributed by atoms with Crippen molar-refractivity contribution in [3.05, 3.63) is 36.5 Å². The van der Waals surface area contributed by atoms with Gasteiger partial charge in [-0.1, -0.05) is 63.1 Å². The Morgan fingerprint density at radius 3 is 2.55 bits per heavy atom. The van der Waals surface area contributed by atoms with Crippen molar-refractivity contribution in [3.63, 3.8) is 0 Å². The van der Waals surface area contributed by atoms with E-state index in [-0.39, 0.29) is 5.60 Å². The standard InChI is InChI=1S/C18H29BO/c1-5-7-8-9-15-10-12-16-17(13-11-15)19(14-6-2)20-18(16,3)4/h8-13,15-17H,5-7,14H2,1-4H3/b9-8+. The van der Waals surface area contributed by atoms with E-state index in [2.05, 4.69) is 64.2 Å². The molecule has 3 unspecified atom stereocenters. The van der Waals surface area contributed by atoms with Gasteiger partial charge < -0.3 is 4.65 Å². The number of rotatable bonds is 5. The molecule has 1 aliphatic heterocycles. The Hall–Kier alpha value is -0.755. The highest BCUT2D eigenvalue weighted by atomic mass is 16.5. The monoisotopic (exact) mass is 272 g/mol. The largest absolute Gasteiger partial charge is 0.430 e. The molecule has 2 rings (SSSR count). The zero-order chi connectivity index (χ0) is 14.6. The highest BCUT2D eigenvalue weighted by Crippen LogP contribution is 2.47. The highest BCUT2D eigenvalue weighted by Gasteiger charge is 2.48. The third kappa shape index (κ3) is 3.46. The molecule has 0 spiro atoms. The van der Waals surface area contributed by atoms with Gasteiger partial charge in [-0.05, 0) is 32.4 Å². The van der Waals surface area contributed by atoms with Crippen molar-refractivity contribution in [2.24, 2.45) is 11.8 Å². The third-order valence-corrected chi connectivity index (χ3v) is 4.58. The molecular weight excluding hydrogens is 243 g/mol. The summed E-state index contributed by atoms with van der Waals surface area (Å²) in [5, 5.41) is 0. The van der Waals surface area contributed by atoms with Crippen molar-refractivity contribution in [2.75, 3.05) is 0 Å². The van der Waals surface area contributed by atoms with Crippen LogP contribution in [0.1, 0.15) is 47.0 Å². The maximum Gasteiger partial charge on any atom is 0.301 e. The van der Waals surface area contributed by atoms with E-state index in [1.165, 1.54) is 25.6 Å². The molecule has 0 saturated carbocycles. The molecule has 0 N–H and O–H groups in total. The molecule has 0 aromatic rings. The van der Waals surface area contributed by atoms with Crippen LogP contribution in [-0.4, -0.2) is 12.5 Å². The molecule has 0 bridgehead atoms. The van der Waals surface area contributed by atoms with Gasteiger partial charge in [-0.3, -0.25) is 0 Å². The first-order valence-corrected chi connectivity index (χ1v) is 8.29. The Balaban J connectivity index is 2.13. The van der Waals surface area contributed by atoms with Crippen LogP contribution >= 0.6 is 0 Å². The summed E-state index contributed by atoms with van der Waals surface area (Å²) in [5.74, 6) is 1.52. The van der Waals surface area contributed by atoms with Crippen LogP contribution in [0.5, 0.6) is 0 Å². The van der Waals surface area contributed by atoms with E-state index in [1.54, 1.807) is 0 Å². The van der Waals surface area contributed by atoms with Gasteiger partial charge in [0, 0.05) is 11.8 Å². The first-order valence-electron chi connectivity index (χ1n) is 8.29. The average molecular weight is 272 g/mol. The molecule has 1 fully saturated rings. The second kappa shape index (κ2) is 6.80. The van der Waals surface area contributed by atoms with Crippen molar-refractivity contribution in [3.8, 4) is 0 Å². The van der Waals surface area contributed by atoms with Crippen molar-refractivity contribution in [2.45, 2.75) is 64.7 Å². The molecule has 2 heteroatoms. The van der Waals surface area contributed by atoms with E-state index in [0.717, 1.165) is 0 Å². The smallest absolute Gasteiger partial charge is 0.301 e. The molecule has 0 aromatic heterocycles. The SMILES string of the molecule is CCC/C=C/C1C=CC2B(CCC)OC(C)(C)C2C=C1. The lowest BCUT2D eigenvalue weighted by molar-refractivity contribution is 0.102. The first kappa shape index (κ1) is 15.6. The fraction of sp³-hybridized carbons (Fsp3) is 0.667. The van der Waals surface area contributed by atoms with Crippen LogP contribution in [0.15, 0.2) is 36.5 Å². The van der Waals surface area contributed by atoms with Crippen molar-refractivity contribution < 1.29 is 4.65 Å². The molecular formula is C18H29BO. The van der Waals surface area contributed by atoms with Crippen LogP contribution in [0, 0.1) is 11.8 Å². The Morgan fingerprint density at radius 1 is 1.10 bits per heavy atom. The Morgan fingerprint density at radius 2 is 1.85 bits per heavy atom. The van der Waals surface area contributed by atoms with E-state index in [1.807, 2.05) is 0 Å². The lowest BCUT2D eigenvalue weighted by Gasteiger charge is -2.26. The molecule has 2 aliphatic rings. The van der Waals surface area contributed by atoms with E-state index in [0.29, 0.717) is 24.6 Å². The number of allylic oxidation sites excluding steroid dienone is 5. The number of hydrogen-bond acceptors (Lipinski definition) is 1. The van der Waals surface area contributed by atoms with Crippen LogP contribution < -0.4 is 0 Å². The summed E-state index contributed by atoms with van der Waals surface area (Å²) in [6, 6.07) is 0. The second-order valence-corrected chi connectivity index (χ2v) is 6.72. The van der Waals surface area contributed by atoms with Crippen LogP contribution in [0.25, 0.3) is 0 Å². The quantitative estimate of drug-likeness (QED) is 0.488. The summed E-state index contributed by atoms with van der Waals surface area (Å²) in [7, 11) is 0. The molecule has 110 valence electrons. The van der Waals surface area contributed by atoms with Crippen LogP contribution in [-0.2, 0) is 4.65 Å². The summed E-state index contributed by atoms with van der Waals surface area (Å²) in [6.07, 6.45) is 18.9. The Kier molecular flexibility index (Phi) is 5.32. The van der Waals surface area contributed by atoms with Gasteiger partial charge in [0.25, 0.3) is 0 Å². The van der Waals surface area contributed by atoms with E-state index < -0.39 is 0 Å². The predicted octanol–water partition coefficient (Wildman–Crippen LogP) is 5.28. The van der Waals surface area contributed by atoms with Crippen LogP contribution in [0.4, 0.5) is 0 Å². The minimum atomic E-state index is -0.0344. The van der Waals surface area contributed by atoms with Crippen LogP contribution in [0.3, 0.4) is 0 Å². The summed E-state index contributed by atoms with van der Waals surface area (Å²) >= 11 is 0. The topological polar surface area (TPSA) is 9.23 Å². The minimum absolute atomic E-state index is 0.0344. The zero-order valence-corrected chi connectivity index (χ0v) is 13.5. The zero-order valence-electron chi connectivity index (χ0n) is 13.5. The van der Waals surface area contributed by atoms with Gasteiger partial charge >= 0.3 is 6.92 Å². The fourth-order valence-electron chi connectivity index (χ4n) is 3.50. The summed E-state index contributed by atoms with van der Waals surface area (Å²) < 4.78 is 6.31. The van der Waals surface area contributed by atoms with E-state index in [9.17, 15) is 0 Å². The van der Waals surface area contributed by atoms with Gasteiger partial charge in [-0.2, -0.15) is 0 Å². The van der Waals surface area contributed by atoms with E-state index >= 15 is 0 Å². The molecule has 0 radical (unpaired) electrons. The number of fused-ring (bicyclic) bond motifs is 1.